The van der Waals surface area contributed by atoms with Crippen LogP contribution >= 0.6 is 0 Å². The van der Waals surface area contributed by atoms with Crippen molar-refractivity contribution in [1.82, 2.24) is 14.4 Å². The van der Waals surface area contributed by atoms with Crippen LogP contribution in [0, 0.1) is 0 Å². The standard InChI is InChI=1S/C16H17N3/c1-16(2,3)14-13-9-5-7-11-19(13)15(18-14)12-8-4-6-10-17-12/h4-11H,1-3H3. The minimum absolute atomic E-state index is 0.0135. The Hall–Kier alpha value is -2.16. The van der Waals surface area contributed by atoms with Crippen LogP contribution in [0.4, 0.5) is 0 Å². The molecule has 0 spiro atoms. The summed E-state index contributed by atoms with van der Waals surface area (Å²) in [6.07, 6.45) is 3.84. The molecule has 0 aliphatic carbocycles. The highest BCUT2D eigenvalue weighted by molar-refractivity contribution is 5.64. The number of fused-ring (bicyclic) bond motifs is 1. The summed E-state index contributed by atoms with van der Waals surface area (Å²) in [6.45, 7) is 6.56. The molecule has 0 atom stereocenters. The zero-order valence-corrected chi connectivity index (χ0v) is 11.5. The second kappa shape index (κ2) is 4.19. The molecule has 3 rings (SSSR count). The lowest BCUT2D eigenvalue weighted by Gasteiger charge is -2.15. The van der Waals surface area contributed by atoms with E-state index < -0.39 is 0 Å². The van der Waals surface area contributed by atoms with Crippen LogP contribution in [0.15, 0.2) is 48.8 Å². The highest BCUT2D eigenvalue weighted by atomic mass is 15.0. The number of pyridine rings is 2. The molecule has 0 amide bonds. The van der Waals surface area contributed by atoms with E-state index in [1.807, 2.05) is 30.5 Å². The molecule has 3 nitrogen and oxygen atoms in total. The lowest BCUT2D eigenvalue weighted by atomic mass is 9.91. The average Bonchev–Trinajstić information content (AvgIpc) is 2.79. The Labute approximate surface area is 113 Å². The van der Waals surface area contributed by atoms with Crippen LogP contribution in [0.25, 0.3) is 17.0 Å². The van der Waals surface area contributed by atoms with E-state index in [4.69, 9.17) is 4.98 Å². The second-order valence-corrected chi connectivity index (χ2v) is 5.70. The summed E-state index contributed by atoms with van der Waals surface area (Å²) in [4.78, 5) is 9.24. The first-order chi connectivity index (χ1) is 9.07. The minimum atomic E-state index is 0.0135. The normalized spacial score (nSPS) is 11.9. The van der Waals surface area contributed by atoms with Gasteiger partial charge in [-0.2, -0.15) is 0 Å². The van der Waals surface area contributed by atoms with Gasteiger partial charge in [0.1, 0.15) is 5.69 Å². The van der Waals surface area contributed by atoms with Gasteiger partial charge in [0.05, 0.1) is 11.2 Å². The molecular formula is C16H17N3. The van der Waals surface area contributed by atoms with E-state index in [2.05, 4.69) is 42.3 Å². The van der Waals surface area contributed by atoms with Crippen LogP contribution in [0.3, 0.4) is 0 Å². The molecule has 0 aromatic carbocycles. The van der Waals surface area contributed by atoms with E-state index in [1.54, 1.807) is 6.20 Å². The van der Waals surface area contributed by atoms with Gasteiger partial charge in [-0.05, 0) is 24.3 Å². The molecule has 0 bridgehead atoms. The van der Waals surface area contributed by atoms with Crippen molar-refractivity contribution < 1.29 is 0 Å². The molecule has 0 aliphatic rings. The van der Waals surface area contributed by atoms with E-state index >= 15 is 0 Å². The molecule has 0 N–H and O–H groups in total. The molecule has 0 saturated heterocycles. The summed E-state index contributed by atoms with van der Waals surface area (Å²) in [5.74, 6) is 0.904. The first-order valence-corrected chi connectivity index (χ1v) is 6.46. The van der Waals surface area contributed by atoms with Crippen LogP contribution < -0.4 is 0 Å². The molecule has 3 heterocycles. The van der Waals surface area contributed by atoms with Crippen molar-refractivity contribution >= 4 is 5.52 Å². The van der Waals surface area contributed by atoms with Gasteiger partial charge < -0.3 is 0 Å². The van der Waals surface area contributed by atoms with Crippen molar-refractivity contribution in [3.8, 4) is 11.5 Å². The average molecular weight is 251 g/mol. The SMILES string of the molecule is CC(C)(C)c1nc(-c2ccccn2)n2ccccc12. The van der Waals surface area contributed by atoms with Gasteiger partial charge in [0.25, 0.3) is 0 Å². The van der Waals surface area contributed by atoms with Gasteiger partial charge in [0.2, 0.25) is 0 Å². The molecule has 96 valence electrons. The van der Waals surface area contributed by atoms with Gasteiger partial charge in [-0.3, -0.25) is 9.38 Å². The van der Waals surface area contributed by atoms with Crippen molar-refractivity contribution in [3.05, 3.63) is 54.5 Å². The maximum Gasteiger partial charge on any atom is 0.163 e. The smallest absolute Gasteiger partial charge is 0.163 e. The summed E-state index contributed by atoms with van der Waals surface area (Å²) >= 11 is 0. The van der Waals surface area contributed by atoms with Crippen molar-refractivity contribution in [2.45, 2.75) is 26.2 Å². The molecule has 3 aromatic rings. The zero-order chi connectivity index (χ0) is 13.5. The summed E-state index contributed by atoms with van der Waals surface area (Å²) in [5.41, 5.74) is 3.17. The number of hydrogen-bond acceptors (Lipinski definition) is 2. The molecule has 0 unspecified atom stereocenters. The highest BCUT2D eigenvalue weighted by Crippen LogP contribution is 2.29. The Morgan fingerprint density at radius 3 is 2.47 bits per heavy atom. The fourth-order valence-corrected chi connectivity index (χ4v) is 2.27. The fourth-order valence-electron chi connectivity index (χ4n) is 2.27. The largest absolute Gasteiger partial charge is 0.298 e. The van der Waals surface area contributed by atoms with Crippen LogP contribution in [-0.4, -0.2) is 14.4 Å². The first-order valence-electron chi connectivity index (χ1n) is 6.46. The highest BCUT2D eigenvalue weighted by Gasteiger charge is 2.22. The van der Waals surface area contributed by atoms with Gasteiger partial charge in [0.15, 0.2) is 5.82 Å². The van der Waals surface area contributed by atoms with E-state index in [0.29, 0.717) is 0 Å². The van der Waals surface area contributed by atoms with Crippen molar-refractivity contribution in [2.75, 3.05) is 0 Å². The van der Waals surface area contributed by atoms with Crippen molar-refractivity contribution in [2.24, 2.45) is 0 Å². The van der Waals surface area contributed by atoms with Crippen LogP contribution in [0.1, 0.15) is 26.5 Å². The van der Waals surface area contributed by atoms with Gasteiger partial charge in [-0.15, -0.1) is 0 Å². The van der Waals surface area contributed by atoms with Gasteiger partial charge >= 0.3 is 0 Å². The quantitative estimate of drug-likeness (QED) is 0.660. The third-order valence-electron chi connectivity index (χ3n) is 3.15. The van der Waals surface area contributed by atoms with Crippen LogP contribution in [0.2, 0.25) is 0 Å². The third-order valence-corrected chi connectivity index (χ3v) is 3.15. The molecule has 0 saturated carbocycles. The number of nitrogens with zero attached hydrogens (tertiary/aromatic N) is 3. The molecule has 3 aromatic heterocycles. The molecular weight excluding hydrogens is 234 g/mol. The summed E-state index contributed by atoms with van der Waals surface area (Å²) in [7, 11) is 0. The number of rotatable bonds is 1. The minimum Gasteiger partial charge on any atom is -0.298 e. The lowest BCUT2D eigenvalue weighted by molar-refractivity contribution is 0.578. The van der Waals surface area contributed by atoms with Gasteiger partial charge in [-0.1, -0.05) is 32.9 Å². The van der Waals surface area contributed by atoms with E-state index in [9.17, 15) is 0 Å². The predicted molar refractivity (Wildman–Crippen MR) is 77.1 cm³/mol. The maximum atomic E-state index is 4.83. The topological polar surface area (TPSA) is 30.2 Å². The number of hydrogen-bond donors (Lipinski definition) is 0. The third kappa shape index (κ3) is 2.01. The van der Waals surface area contributed by atoms with Crippen molar-refractivity contribution in [1.29, 1.82) is 0 Å². The fraction of sp³-hybridized carbons (Fsp3) is 0.250. The van der Waals surface area contributed by atoms with E-state index in [-0.39, 0.29) is 5.41 Å². The van der Waals surface area contributed by atoms with Crippen molar-refractivity contribution in [3.63, 3.8) is 0 Å². The Kier molecular flexibility index (Phi) is 2.63. The first kappa shape index (κ1) is 11.9. The Bertz CT molecular complexity index is 706. The molecule has 0 fully saturated rings. The second-order valence-electron chi connectivity index (χ2n) is 5.70. The summed E-state index contributed by atoms with van der Waals surface area (Å²) < 4.78 is 2.11. The summed E-state index contributed by atoms with van der Waals surface area (Å²) in [6, 6.07) is 12.1. The van der Waals surface area contributed by atoms with Crippen LogP contribution in [0.5, 0.6) is 0 Å². The predicted octanol–water partition coefficient (Wildman–Crippen LogP) is 3.69. The zero-order valence-electron chi connectivity index (χ0n) is 11.5. The molecule has 3 heteroatoms. The molecule has 19 heavy (non-hydrogen) atoms. The molecule has 0 aliphatic heterocycles. The maximum absolute atomic E-state index is 4.83. The van der Waals surface area contributed by atoms with Crippen LogP contribution in [-0.2, 0) is 5.41 Å². The Balaban J connectivity index is 2.33. The molecule has 0 radical (unpaired) electrons. The van der Waals surface area contributed by atoms with Gasteiger partial charge in [-0.25, -0.2) is 4.98 Å². The summed E-state index contributed by atoms with van der Waals surface area (Å²) in [5, 5.41) is 0. The number of imidazole rings is 1. The monoisotopic (exact) mass is 251 g/mol. The van der Waals surface area contributed by atoms with E-state index in [1.165, 1.54) is 0 Å². The van der Waals surface area contributed by atoms with Gasteiger partial charge in [0, 0.05) is 17.8 Å². The van der Waals surface area contributed by atoms with E-state index in [0.717, 1.165) is 22.7 Å². The Morgan fingerprint density at radius 2 is 1.79 bits per heavy atom. The Morgan fingerprint density at radius 1 is 1.00 bits per heavy atom. The lowest BCUT2D eigenvalue weighted by Crippen LogP contribution is -2.12. The number of aromatic nitrogens is 3.